The zero-order valence-electron chi connectivity index (χ0n) is 12.2. The van der Waals surface area contributed by atoms with Crippen molar-refractivity contribution in [3.63, 3.8) is 0 Å². The van der Waals surface area contributed by atoms with E-state index in [0.717, 1.165) is 11.3 Å². The van der Waals surface area contributed by atoms with Gasteiger partial charge in [-0.15, -0.1) is 0 Å². The lowest BCUT2D eigenvalue weighted by Crippen LogP contribution is -2.29. The van der Waals surface area contributed by atoms with E-state index in [4.69, 9.17) is 4.74 Å². The van der Waals surface area contributed by atoms with Gasteiger partial charge >= 0.3 is 0 Å². The first-order valence-corrected chi connectivity index (χ1v) is 6.96. The number of carbonyl (C=O) groups excluding carboxylic acids is 2. The Morgan fingerprint density at radius 1 is 1.00 bits per heavy atom. The van der Waals surface area contributed by atoms with E-state index in [1.54, 1.807) is 37.5 Å². The third-order valence-electron chi connectivity index (χ3n) is 3.57. The summed E-state index contributed by atoms with van der Waals surface area (Å²) in [5, 5.41) is 0. The number of hydrogen-bond donors (Lipinski definition) is 0. The number of ether oxygens (including phenoxy) is 1. The van der Waals surface area contributed by atoms with E-state index >= 15 is 0 Å². The molecule has 4 nitrogen and oxygen atoms in total. The van der Waals surface area contributed by atoms with Crippen LogP contribution in [0.3, 0.4) is 0 Å². The van der Waals surface area contributed by atoms with Crippen molar-refractivity contribution in [3.05, 3.63) is 71.3 Å². The molecule has 0 spiro atoms. The summed E-state index contributed by atoms with van der Waals surface area (Å²) in [7, 11) is 1.61. The van der Waals surface area contributed by atoms with E-state index in [-0.39, 0.29) is 18.4 Å². The normalized spacial score (nSPS) is 13.8. The first-order chi connectivity index (χ1) is 10.7. The SMILES string of the molecule is COc1cccc(/C=C/CN2C(=O)c3ccccc3C2=O)c1. The van der Waals surface area contributed by atoms with Crippen molar-refractivity contribution >= 4 is 17.9 Å². The highest BCUT2D eigenvalue weighted by molar-refractivity contribution is 6.21. The van der Waals surface area contributed by atoms with Crippen molar-refractivity contribution in [2.75, 3.05) is 13.7 Å². The Hall–Kier alpha value is -2.88. The zero-order chi connectivity index (χ0) is 15.5. The number of imide groups is 1. The Bertz CT molecular complexity index is 729. The average molecular weight is 293 g/mol. The molecule has 0 saturated heterocycles. The molecular weight excluding hydrogens is 278 g/mol. The first-order valence-electron chi connectivity index (χ1n) is 6.96. The molecule has 0 unspecified atom stereocenters. The van der Waals surface area contributed by atoms with Crippen molar-refractivity contribution in [1.82, 2.24) is 4.90 Å². The summed E-state index contributed by atoms with van der Waals surface area (Å²) in [5.41, 5.74) is 1.90. The maximum absolute atomic E-state index is 12.2. The van der Waals surface area contributed by atoms with Gasteiger partial charge in [-0.1, -0.05) is 36.4 Å². The van der Waals surface area contributed by atoms with E-state index < -0.39 is 0 Å². The van der Waals surface area contributed by atoms with E-state index in [2.05, 4.69) is 0 Å². The average Bonchev–Trinajstić information content (AvgIpc) is 2.80. The van der Waals surface area contributed by atoms with Gasteiger partial charge in [0.25, 0.3) is 11.8 Å². The van der Waals surface area contributed by atoms with Gasteiger partial charge in [0.1, 0.15) is 5.75 Å². The van der Waals surface area contributed by atoms with Gasteiger partial charge in [-0.2, -0.15) is 0 Å². The Morgan fingerprint density at radius 3 is 2.32 bits per heavy atom. The highest BCUT2D eigenvalue weighted by Gasteiger charge is 2.33. The van der Waals surface area contributed by atoms with Crippen LogP contribution < -0.4 is 4.74 Å². The summed E-state index contributed by atoms with van der Waals surface area (Å²) < 4.78 is 5.16. The number of fused-ring (bicyclic) bond motifs is 1. The molecule has 1 aliphatic rings. The minimum Gasteiger partial charge on any atom is -0.497 e. The number of carbonyl (C=O) groups is 2. The van der Waals surface area contributed by atoms with Gasteiger partial charge in [0.05, 0.1) is 18.2 Å². The Morgan fingerprint density at radius 2 is 1.68 bits per heavy atom. The van der Waals surface area contributed by atoms with Gasteiger partial charge in [-0.05, 0) is 29.8 Å². The zero-order valence-corrected chi connectivity index (χ0v) is 12.2. The number of nitrogens with zero attached hydrogens (tertiary/aromatic N) is 1. The smallest absolute Gasteiger partial charge is 0.261 e. The van der Waals surface area contributed by atoms with Gasteiger partial charge in [-0.3, -0.25) is 14.5 Å². The molecule has 0 aromatic heterocycles. The van der Waals surface area contributed by atoms with Gasteiger partial charge in [0.2, 0.25) is 0 Å². The summed E-state index contributed by atoms with van der Waals surface area (Å²) in [6, 6.07) is 14.5. The first kappa shape index (κ1) is 14.1. The van der Waals surface area contributed by atoms with Crippen molar-refractivity contribution in [2.24, 2.45) is 0 Å². The molecule has 2 aromatic rings. The van der Waals surface area contributed by atoms with Crippen molar-refractivity contribution in [2.45, 2.75) is 0 Å². The second-order valence-corrected chi connectivity index (χ2v) is 4.95. The lowest BCUT2D eigenvalue weighted by molar-refractivity contribution is 0.0672. The molecule has 4 heteroatoms. The molecule has 22 heavy (non-hydrogen) atoms. The van der Waals surface area contributed by atoms with Crippen LogP contribution in [0.2, 0.25) is 0 Å². The van der Waals surface area contributed by atoms with Gasteiger partial charge in [-0.25, -0.2) is 0 Å². The summed E-state index contributed by atoms with van der Waals surface area (Å²) in [4.78, 5) is 25.7. The molecule has 0 fully saturated rings. The Kier molecular flexibility index (Phi) is 3.74. The molecule has 2 amide bonds. The van der Waals surface area contributed by atoms with Crippen LogP contribution in [-0.4, -0.2) is 30.4 Å². The van der Waals surface area contributed by atoms with Gasteiger partial charge in [0.15, 0.2) is 0 Å². The van der Waals surface area contributed by atoms with Crippen LogP contribution in [0.15, 0.2) is 54.6 Å². The van der Waals surface area contributed by atoms with E-state index in [9.17, 15) is 9.59 Å². The fraction of sp³-hybridized carbons (Fsp3) is 0.111. The molecule has 2 aromatic carbocycles. The number of amides is 2. The van der Waals surface area contributed by atoms with Crippen LogP contribution in [0.25, 0.3) is 6.08 Å². The highest BCUT2D eigenvalue weighted by Crippen LogP contribution is 2.22. The topological polar surface area (TPSA) is 46.6 Å². The molecule has 0 bridgehead atoms. The lowest BCUT2D eigenvalue weighted by Gasteiger charge is -2.10. The van der Waals surface area contributed by atoms with E-state index in [1.807, 2.05) is 30.3 Å². The summed E-state index contributed by atoms with van der Waals surface area (Å²) in [6.45, 7) is 0.254. The third-order valence-corrected chi connectivity index (χ3v) is 3.57. The fourth-order valence-electron chi connectivity index (χ4n) is 2.44. The molecule has 0 saturated carbocycles. The second-order valence-electron chi connectivity index (χ2n) is 4.95. The monoisotopic (exact) mass is 293 g/mol. The van der Waals surface area contributed by atoms with Crippen molar-refractivity contribution in [1.29, 1.82) is 0 Å². The molecule has 0 aliphatic carbocycles. The highest BCUT2D eigenvalue weighted by atomic mass is 16.5. The van der Waals surface area contributed by atoms with Crippen LogP contribution in [0, 0.1) is 0 Å². The molecular formula is C18H15NO3. The van der Waals surface area contributed by atoms with Crippen molar-refractivity contribution < 1.29 is 14.3 Å². The Balaban J connectivity index is 1.74. The molecule has 0 radical (unpaired) electrons. The van der Waals surface area contributed by atoms with E-state index in [1.165, 1.54) is 4.90 Å². The van der Waals surface area contributed by atoms with Gasteiger partial charge < -0.3 is 4.74 Å². The quantitative estimate of drug-likeness (QED) is 0.814. The van der Waals surface area contributed by atoms with Crippen LogP contribution in [0.5, 0.6) is 5.75 Å². The molecule has 1 heterocycles. The van der Waals surface area contributed by atoms with Crippen molar-refractivity contribution in [3.8, 4) is 5.75 Å². The third kappa shape index (κ3) is 2.51. The molecule has 0 atom stereocenters. The molecule has 1 aliphatic heterocycles. The van der Waals surface area contributed by atoms with Crippen LogP contribution in [-0.2, 0) is 0 Å². The van der Waals surface area contributed by atoms with Crippen LogP contribution in [0.1, 0.15) is 26.3 Å². The van der Waals surface area contributed by atoms with Gasteiger partial charge in [0, 0.05) is 6.54 Å². The van der Waals surface area contributed by atoms with Crippen LogP contribution >= 0.6 is 0 Å². The Labute approximate surface area is 128 Å². The molecule has 110 valence electrons. The standard InChI is InChI=1S/C18H15NO3/c1-22-14-8-4-6-13(12-14)7-5-11-19-17(20)15-9-2-3-10-16(15)18(19)21/h2-10,12H,11H2,1H3/b7-5+. The van der Waals surface area contributed by atoms with E-state index in [0.29, 0.717) is 11.1 Å². The number of methoxy groups -OCH3 is 1. The minimum atomic E-state index is -0.240. The predicted molar refractivity (Wildman–Crippen MR) is 83.8 cm³/mol. The number of hydrogen-bond acceptors (Lipinski definition) is 3. The molecule has 3 rings (SSSR count). The fourth-order valence-corrected chi connectivity index (χ4v) is 2.44. The minimum absolute atomic E-state index is 0.240. The maximum atomic E-state index is 12.2. The number of rotatable bonds is 4. The number of benzene rings is 2. The lowest BCUT2D eigenvalue weighted by atomic mass is 10.1. The predicted octanol–water partition coefficient (Wildman–Crippen LogP) is 3.00. The summed E-state index contributed by atoms with van der Waals surface area (Å²) >= 11 is 0. The second kappa shape index (κ2) is 5.85. The summed E-state index contributed by atoms with van der Waals surface area (Å²) in [6.07, 6.45) is 3.67. The summed E-state index contributed by atoms with van der Waals surface area (Å²) in [5.74, 6) is 0.287. The van der Waals surface area contributed by atoms with Crippen LogP contribution in [0.4, 0.5) is 0 Å². The largest absolute Gasteiger partial charge is 0.497 e. The molecule has 0 N–H and O–H groups in total. The maximum Gasteiger partial charge on any atom is 0.261 e.